The molecule has 0 spiro atoms. The Balaban J connectivity index is 1.41. The summed E-state index contributed by atoms with van der Waals surface area (Å²) >= 11 is 0. The molecule has 3 aromatic heterocycles. The Labute approximate surface area is 184 Å². The molecule has 7 nitrogen and oxygen atoms in total. The highest BCUT2D eigenvalue weighted by molar-refractivity contribution is 5.92. The second-order valence-electron chi connectivity index (χ2n) is 7.55. The normalized spacial score (nSPS) is 10.9. The lowest BCUT2D eigenvalue weighted by Crippen LogP contribution is -2.14. The molecule has 0 radical (unpaired) electrons. The molecule has 7 heteroatoms. The first-order chi connectivity index (χ1) is 15.7. The molecule has 2 aromatic carbocycles. The number of aryl methyl sites for hydroxylation is 1. The molecule has 5 aromatic rings. The van der Waals surface area contributed by atoms with E-state index in [1.54, 1.807) is 16.9 Å². The largest absolute Gasteiger partial charge is 0.326 e. The number of rotatable bonds is 5. The van der Waals surface area contributed by atoms with Gasteiger partial charge in [-0.1, -0.05) is 42.0 Å². The van der Waals surface area contributed by atoms with Crippen molar-refractivity contribution in [1.29, 1.82) is 0 Å². The minimum Gasteiger partial charge on any atom is -0.326 e. The summed E-state index contributed by atoms with van der Waals surface area (Å²) in [6.07, 6.45) is 3.77. The number of carbonyl (C=O) groups excluding carboxylic acids is 1. The van der Waals surface area contributed by atoms with Gasteiger partial charge in [-0.05, 0) is 48.9 Å². The molecule has 32 heavy (non-hydrogen) atoms. The number of amides is 1. The Hall–Kier alpha value is -4.39. The summed E-state index contributed by atoms with van der Waals surface area (Å²) in [4.78, 5) is 16.7. The van der Waals surface area contributed by atoms with Crippen LogP contribution in [0.3, 0.4) is 0 Å². The van der Waals surface area contributed by atoms with Crippen molar-refractivity contribution in [3.8, 4) is 22.6 Å². The van der Waals surface area contributed by atoms with Gasteiger partial charge in [-0.15, -0.1) is 10.2 Å². The van der Waals surface area contributed by atoms with Gasteiger partial charge in [0.15, 0.2) is 11.5 Å². The quantitative estimate of drug-likeness (QED) is 0.457. The molecule has 0 aliphatic rings. The summed E-state index contributed by atoms with van der Waals surface area (Å²) < 4.78 is 1.70. The lowest BCUT2D eigenvalue weighted by atomic mass is 10.1. The van der Waals surface area contributed by atoms with Crippen molar-refractivity contribution in [2.45, 2.75) is 13.3 Å². The Kier molecular flexibility index (Phi) is 5.13. The number of anilines is 1. The van der Waals surface area contributed by atoms with Gasteiger partial charge in [0.05, 0.1) is 12.1 Å². The summed E-state index contributed by atoms with van der Waals surface area (Å²) in [6.45, 7) is 2.02. The van der Waals surface area contributed by atoms with Gasteiger partial charge in [-0.25, -0.2) is 0 Å². The van der Waals surface area contributed by atoms with Crippen molar-refractivity contribution in [2.24, 2.45) is 0 Å². The lowest BCUT2D eigenvalue weighted by Gasteiger charge is -2.08. The van der Waals surface area contributed by atoms with Gasteiger partial charge in [0.1, 0.15) is 0 Å². The molecule has 0 fully saturated rings. The van der Waals surface area contributed by atoms with Crippen LogP contribution in [0.4, 0.5) is 5.69 Å². The zero-order chi connectivity index (χ0) is 21.9. The summed E-state index contributed by atoms with van der Waals surface area (Å²) in [5.41, 5.74) is 5.96. The van der Waals surface area contributed by atoms with Gasteiger partial charge in [-0.3, -0.25) is 9.78 Å². The average molecular weight is 420 g/mol. The fourth-order valence-corrected chi connectivity index (χ4v) is 3.59. The Bertz CT molecular complexity index is 1410. The van der Waals surface area contributed by atoms with Gasteiger partial charge in [0, 0.05) is 29.2 Å². The predicted octanol–water partition coefficient (Wildman–Crippen LogP) is 4.34. The Morgan fingerprint density at radius 1 is 0.938 bits per heavy atom. The van der Waals surface area contributed by atoms with Crippen LogP contribution in [0.25, 0.3) is 28.3 Å². The molecule has 0 bridgehead atoms. The summed E-state index contributed by atoms with van der Waals surface area (Å²) in [5.74, 6) is 0.561. The third-order valence-corrected chi connectivity index (χ3v) is 5.07. The van der Waals surface area contributed by atoms with Crippen molar-refractivity contribution in [3.63, 3.8) is 0 Å². The molecular weight excluding hydrogens is 400 g/mol. The number of benzene rings is 2. The zero-order valence-corrected chi connectivity index (χ0v) is 17.4. The fraction of sp³-hybridized carbons (Fsp3) is 0.0800. The average Bonchev–Trinajstić information content (AvgIpc) is 3.23. The monoisotopic (exact) mass is 420 g/mol. The van der Waals surface area contributed by atoms with E-state index in [4.69, 9.17) is 5.10 Å². The van der Waals surface area contributed by atoms with Crippen LogP contribution in [-0.2, 0) is 11.2 Å². The van der Waals surface area contributed by atoms with Crippen LogP contribution in [0.15, 0.2) is 85.2 Å². The molecule has 0 aliphatic heterocycles. The highest BCUT2D eigenvalue weighted by atomic mass is 16.1. The number of pyridine rings is 1. The first kappa shape index (κ1) is 19.6. The van der Waals surface area contributed by atoms with E-state index >= 15 is 0 Å². The van der Waals surface area contributed by atoms with Crippen LogP contribution in [0.1, 0.15) is 11.1 Å². The van der Waals surface area contributed by atoms with Crippen molar-refractivity contribution < 1.29 is 4.79 Å². The van der Waals surface area contributed by atoms with E-state index in [9.17, 15) is 4.79 Å². The molecule has 1 amide bonds. The second kappa shape index (κ2) is 8.39. The van der Waals surface area contributed by atoms with Crippen molar-refractivity contribution in [2.75, 3.05) is 5.32 Å². The predicted molar refractivity (Wildman–Crippen MR) is 123 cm³/mol. The van der Waals surface area contributed by atoms with Crippen LogP contribution in [0.2, 0.25) is 0 Å². The molecular formula is C25H20N6O. The molecule has 0 saturated carbocycles. The number of hydrogen-bond acceptors (Lipinski definition) is 5. The summed E-state index contributed by atoms with van der Waals surface area (Å²) in [7, 11) is 0. The van der Waals surface area contributed by atoms with Crippen molar-refractivity contribution in [1.82, 2.24) is 24.8 Å². The molecule has 0 saturated heterocycles. The number of nitrogens with one attached hydrogen (secondary N) is 1. The molecule has 0 unspecified atom stereocenters. The van der Waals surface area contributed by atoms with Crippen LogP contribution < -0.4 is 5.32 Å². The van der Waals surface area contributed by atoms with Crippen LogP contribution in [0, 0.1) is 6.92 Å². The molecule has 0 aliphatic carbocycles. The van der Waals surface area contributed by atoms with E-state index in [0.29, 0.717) is 17.9 Å². The number of hydrogen-bond donors (Lipinski definition) is 1. The molecule has 3 heterocycles. The maximum atomic E-state index is 12.5. The van der Waals surface area contributed by atoms with Crippen LogP contribution in [0.5, 0.6) is 0 Å². The maximum Gasteiger partial charge on any atom is 0.228 e. The smallest absolute Gasteiger partial charge is 0.228 e. The highest BCUT2D eigenvalue weighted by Gasteiger charge is 2.12. The number of aromatic nitrogens is 5. The van der Waals surface area contributed by atoms with E-state index < -0.39 is 0 Å². The third kappa shape index (κ3) is 4.09. The zero-order valence-electron chi connectivity index (χ0n) is 17.4. The lowest BCUT2D eigenvalue weighted by molar-refractivity contribution is -0.115. The number of fused-ring (bicyclic) bond motifs is 1. The van der Waals surface area contributed by atoms with E-state index in [2.05, 4.69) is 20.5 Å². The van der Waals surface area contributed by atoms with E-state index in [1.807, 2.05) is 79.7 Å². The van der Waals surface area contributed by atoms with Gasteiger partial charge < -0.3 is 5.32 Å². The summed E-state index contributed by atoms with van der Waals surface area (Å²) in [5, 5.41) is 16.2. The summed E-state index contributed by atoms with van der Waals surface area (Å²) in [6, 6.07) is 23.1. The van der Waals surface area contributed by atoms with Gasteiger partial charge >= 0.3 is 0 Å². The second-order valence-corrected chi connectivity index (χ2v) is 7.55. The van der Waals surface area contributed by atoms with Gasteiger partial charge in [-0.2, -0.15) is 9.61 Å². The molecule has 1 N–H and O–H groups in total. The van der Waals surface area contributed by atoms with E-state index in [0.717, 1.165) is 33.6 Å². The van der Waals surface area contributed by atoms with E-state index in [-0.39, 0.29) is 5.91 Å². The maximum absolute atomic E-state index is 12.5. The third-order valence-electron chi connectivity index (χ3n) is 5.07. The molecule has 156 valence electrons. The Morgan fingerprint density at radius 3 is 2.66 bits per heavy atom. The molecule has 5 rings (SSSR count). The fourth-order valence-electron chi connectivity index (χ4n) is 3.59. The SMILES string of the molecule is Cc1cccc(CC(=O)Nc2cccc(-c3ccc4nnc(-c5cccnc5)n4n3)c2)c1. The minimum absolute atomic E-state index is 0.0613. The first-order valence-electron chi connectivity index (χ1n) is 10.2. The van der Waals surface area contributed by atoms with Crippen LogP contribution in [-0.4, -0.2) is 30.7 Å². The van der Waals surface area contributed by atoms with Crippen molar-refractivity contribution >= 4 is 17.2 Å². The standard InChI is InChI=1S/C25H20N6O/c1-17-5-2-6-18(13-17)14-24(32)27-21-9-3-7-19(15-21)22-10-11-23-28-29-25(31(23)30-22)20-8-4-12-26-16-20/h2-13,15-16H,14H2,1H3,(H,27,32). The minimum atomic E-state index is -0.0613. The van der Waals surface area contributed by atoms with E-state index in [1.165, 1.54) is 0 Å². The highest BCUT2D eigenvalue weighted by Crippen LogP contribution is 2.23. The van der Waals surface area contributed by atoms with Crippen molar-refractivity contribution in [3.05, 3.63) is 96.3 Å². The molecule has 0 atom stereocenters. The Morgan fingerprint density at radius 2 is 1.81 bits per heavy atom. The topological polar surface area (TPSA) is 85.1 Å². The van der Waals surface area contributed by atoms with Gasteiger partial charge in [0.25, 0.3) is 0 Å². The van der Waals surface area contributed by atoms with Crippen LogP contribution >= 0.6 is 0 Å². The number of nitrogens with zero attached hydrogens (tertiary/aromatic N) is 5. The number of carbonyl (C=O) groups is 1. The van der Waals surface area contributed by atoms with Gasteiger partial charge in [0.2, 0.25) is 5.91 Å². The first-order valence-corrected chi connectivity index (χ1v) is 10.2.